The van der Waals surface area contributed by atoms with Gasteiger partial charge in [-0.2, -0.15) is 5.10 Å². The first-order valence-corrected chi connectivity index (χ1v) is 5.70. The standard InChI is InChI=1S/C10H16ClN3O/c1-2-14-9(8(11)6-13-14)10(15)4-3-5-12-7-10/h6,12,15H,2-5,7H2,1H3. The Morgan fingerprint density at radius 3 is 3.13 bits per heavy atom. The highest BCUT2D eigenvalue weighted by Gasteiger charge is 2.36. The molecule has 0 radical (unpaired) electrons. The van der Waals surface area contributed by atoms with E-state index in [2.05, 4.69) is 10.4 Å². The molecule has 84 valence electrons. The summed E-state index contributed by atoms with van der Waals surface area (Å²) < 4.78 is 1.77. The summed E-state index contributed by atoms with van der Waals surface area (Å²) in [6, 6.07) is 0. The Kier molecular flexibility index (Phi) is 3.00. The van der Waals surface area contributed by atoms with E-state index in [9.17, 15) is 5.11 Å². The van der Waals surface area contributed by atoms with Crippen LogP contribution in [-0.2, 0) is 12.1 Å². The fourth-order valence-corrected chi connectivity index (χ4v) is 2.47. The molecular weight excluding hydrogens is 214 g/mol. The number of β-amino-alcohol motifs (C(OH)–C–C–N with tert-alkyl or cyclic N) is 1. The van der Waals surface area contributed by atoms with E-state index in [0.717, 1.165) is 31.6 Å². The van der Waals surface area contributed by atoms with Crippen molar-refractivity contribution in [3.05, 3.63) is 16.9 Å². The maximum Gasteiger partial charge on any atom is 0.120 e. The minimum Gasteiger partial charge on any atom is -0.382 e. The summed E-state index contributed by atoms with van der Waals surface area (Å²) in [6.45, 7) is 4.23. The van der Waals surface area contributed by atoms with Crippen molar-refractivity contribution < 1.29 is 5.11 Å². The summed E-state index contributed by atoms with van der Waals surface area (Å²) >= 11 is 6.08. The predicted octanol–water partition coefficient (Wildman–Crippen LogP) is 1.13. The molecule has 1 aromatic heterocycles. The molecule has 1 atom stereocenters. The van der Waals surface area contributed by atoms with E-state index in [1.54, 1.807) is 10.9 Å². The smallest absolute Gasteiger partial charge is 0.120 e. The van der Waals surface area contributed by atoms with E-state index in [-0.39, 0.29) is 0 Å². The van der Waals surface area contributed by atoms with Crippen molar-refractivity contribution in [1.82, 2.24) is 15.1 Å². The molecule has 1 unspecified atom stereocenters. The molecule has 0 aromatic carbocycles. The van der Waals surface area contributed by atoms with Gasteiger partial charge in [0.05, 0.1) is 16.9 Å². The van der Waals surface area contributed by atoms with Gasteiger partial charge in [0.25, 0.3) is 0 Å². The van der Waals surface area contributed by atoms with Crippen LogP contribution in [0, 0.1) is 0 Å². The Bertz CT molecular complexity index is 344. The molecule has 1 saturated heterocycles. The van der Waals surface area contributed by atoms with Gasteiger partial charge in [0.1, 0.15) is 5.60 Å². The van der Waals surface area contributed by atoms with Crippen molar-refractivity contribution in [2.45, 2.75) is 31.9 Å². The fraction of sp³-hybridized carbons (Fsp3) is 0.700. The average Bonchev–Trinajstić information content (AvgIpc) is 2.61. The van der Waals surface area contributed by atoms with E-state index in [0.29, 0.717) is 11.6 Å². The highest BCUT2D eigenvalue weighted by molar-refractivity contribution is 6.31. The third-order valence-corrected chi connectivity index (χ3v) is 3.17. The normalized spacial score (nSPS) is 26.9. The Hall–Kier alpha value is -0.580. The van der Waals surface area contributed by atoms with Crippen LogP contribution in [0.15, 0.2) is 6.20 Å². The number of hydrogen-bond donors (Lipinski definition) is 2. The number of hydrogen-bond acceptors (Lipinski definition) is 3. The number of aryl methyl sites for hydroxylation is 1. The second-order valence-electron chi connectivity index (χ2n) is 3.97. The highest BCUT2D eigenvalue weighted by Crippen LogP contribution is 2.33. The first kappa shape index (κ1) is 10.9. The first-order chi connectivity index (χ1) is 7.17. The SMILES string of the molecule is CCn1ncc(Cl)c1C1(O)CCCNC1. The van der Waals surface area contributed by atoms with Crippen molar-refractivity contribution in [2.75, 3.05) is 13.1 Å². The molecule has 0 aliphatic carbocycles. The summed E-state index contributed by atoms with van der Waals surface area (Å²) in [5.41, 5.74) is -0.110. The number of halogens is 1. The molecule has 2 rings (SSSR count). The lowest BCUT2D eigenvalue weighted by atomic mass is 9.90. The van der Waals surface area contributed by atoms with E-state index < -0.39 is 5.60 Å². The van der Waals surface area contributed by atoms with Crippen LogP contribution in [0.2, 0.25) is 5.02 Å². The molecule has 0 bridgehead atoms. The summed E-state index contributed by atoms with van der Waals surface area (Å²) in [7, 11) is 0. The molecule has 15 heavy (non-hydrogen) atoms. The number of aromatic nitrogens is 2. The second-order valence-corrected chi connectivity index (χ2v) is 4.38. The van der Waals surface area contributed by atoms with Crippen molar-refractivity contribution >= 4 is 11.6 Å². The maximum absolute atomic E-state index is 10.5. The summed E-state index contributed by atoms with van der Waals surface area (Å²) in [4.78, 5) is 0. The van der Waals surface area contributed by atoms with Gasteiger partial charge in [-0.05, 0) is 26.3 Å². The van der Waals surface area contributed by atoms with E-state index in [1.807, 2.05) is 6.92 Å². The highest BCUT2D eigenvalue weighted by atomic mass is 35.5. The van der Waals surface area contributed by atoms with E-state index >= 15 is 0 Å². The summed E-state index contributed by atoms with van der Waals surface area (Å²) in [6.07, 6.45) is 3.31. The van der Waals surface area contributed by atoms with Gasteiger partial charge in [-0.3, -0.25) is 4.68 Å². The minimum absolute atomic E-state index is 0.554. The van der Waals surface area contributed by atoms with Gasteiger partial charge in [-0.1, -0.05) is 11.6 Å². The molecule has 0 saturated carbocycles. The molecule has 1 aliphatic heterocycles. The van der Waals surface area contributed by atoms with Gasteiger partial charge in [-0.25, -0.2) is 0 Å². The van der Waals surface area contributed by atoms with Crippen LogP contribution < -0.4 is 5.32 Å². The largest absolute Gasteiger partial charge is 0.382 e. The van der Waals surface area contributed by atoms with Gasteiger partial charge >= 0.3 is 0 Å². The molecule has 0 amide bonds. The molecule has 2 heterocycles. The van der Waals surface area contributed by atoms with Gasteiger partial charge < -0.3 is 10.4 Å². The van der Waals surface area contributed by atoms with Crippen molar-refractivity contribution in [1.29, 1.82) is 0 Å². The number of aliphatic hydroxyl groups is 1. The molecule has 2 N–H and O–H groups in total. The average molecular weight is 230 g/mol. The van der Waals surface area contributed by atoms with E-state index in [1.165, 1.54) is 0 Å². The summed E-state index contributed by atoms with van der Waals surface area (Å²) in [5.74, 6) is 0. The second kappa shape index (κ2) is 4.12. The van der Waals surface area contributed by atoms with Crippen LogP contribution in [0.3, 0.4) is 0 Å². The van der Waals surface area contributed by atoms with Gasteiger partial charge in [0.2, 0.25) is 0 Å². The lowest BCUT2D eigenvalue weighted by Gasteiger charge is -2.33. The molecule has 1 aromatic rings. The van der Waals surface area contributed by atoms with Gasteiger partial charge in [0, 0.05) is 13.1 Å². The molecule has 5 heteroatoms. The maximum atomic E-state index is 10.5. The Morgan fingerprint density at radius 2 is 2.53 bits per heavy atom. The van der Waals surface area contributed by atoms with Crippen molar-refractivity contribution in [3.63, 3.8) is 0 Å². The Morgan fingerprint density at radius 1 is 1.73 bits per heavy atom. The number of rotatable bonds is 2. The van der Waals surface area contributed by atoms with Gasteiger partial charge in [-0.15, -0.1) is 0 Å². The third kappa shape index (κ3) is 1.89. The molecule has 0 spiro atoms. The van der Waals surface area contributed by atoms with Crippen LogP contribution in [0.5, 0.6) is 0 Å². The zero-order valence-electron chi connectivity index (χ0n) is 8.83. The van der Waals surface area contributed by atoms with Crippen LogP contribution >= 0.6 is 11.6 Å². The number of piperidine rings is 1. The van der Waals surface area contributed by atoms with Crippen molar-refractivity contribution in [2.24, 2.45) is 0 Å². The third-order valence-electron chi connectivity index (χ3n) is 2.90. The lowest BCUT2D eigenvalue weighted by Crippen LogP contribution is -2.44. The predicted molar refractivity (Wildman–Crippen MR) is 58.9 cm³/mol. The first-order valence-electron chi connectivity index (χ1n) is 5.32. The van der Waals surface area contributed by atoms with Crippen molar-refractivity contribution in [3.8, 4) is 0 Å². The van der Waals surface area contributed by atoms with Crippen LogP contribution in [-0.4, -0.2) is 28.0 Å². The van der Waals surface area contributed by atoms with Crippen LogP contribution in [0.4, 0.5) is 0 Å². The summed E-state index contributed by atoms with van der Waals surface area (Å²) in [5, 5.41) is 18.4. The van der Waals surface area contributed by atoms with Gasteiger partial charge in [0.15, 0.2) is 0 Å². The number of nitrogens with zero attached hydrogens (tertiary/aromatic N) is 2. The fourth-order valence-electron chi connectivity index (χ4n) is 2.16. The molecule has 4 nitrogen and oxygen atoms in total. The lowest BCUT2D eigenvalue weighted by molar-refractivity contribution is 0.00420. The molecule has 1 fully saturated rings. The van der Waals surface area contributed by atoms with Crippen LogP contribution in [0.25, 0.3) is 0 Å². The Labute approximate surface area is 94.2 Å². The number of nitrogens with one attached hydrogen (secondary N) is 1. The quantitative estimate of drug-likeness (QED) is 0.800. The van der Waals surface area contributed by atoms with E-state index in [4.69, 9.17) is 11.6 Å². The zero-order chi connectivity index (χ0) is 10.9. The molecule has 1 aliphatic rings. The zero-order valence-corrected chi connectivity index (χ0v) is 9.59. The minimum atomic E-state index is -0.859. The topological polar surface area (TPSA) is 50.1 Å². The monoisotopic (exact) mass is 229 g/mol. The molecular formula is C10H16ClN3O. The Balaban J connectivity index is 2.37. The van der Waals surface area contributed by atoms with Crippen LogP contribution in [0.1, 0.15) is 25.5 Å².